The molecule has 0 fully saturated rings. The number of aromatic nitrogens is 3. The van der Waals surface area contributed by atoms with Crippen molar-refractivity contribution in [3.8, 4) is 5.75 Å². The lowest BCUT2D eigenvalue weighted by molar-refractivity contribution is -0.121. The third-order valence-electron chi connectivity index (χ3n) is 4.00. The van der Waals surface area contributed by atoms with Crippen molar-refractivity contribution in [2.45, 2.75) is 23.4 Å². The second-order valence-electron chi connectivity index (χ2n) is 5.69. The van der Waals surface area contributed by atoms with Gasteiger partial charge in [0.05, 0.1) is 24.2 Å². The van der Waals surface area contributed by atoms with Gasteiger partial charge in [-0.15, -0.1) is 10.2 Å². The first-order valence-corrected chi connectivity index (χ1v) is 9.67. The smallest absolute Gasteiger partial charge is 0.236 e. The molecule has 1 aliphatic rings. The zero-order valence-electron chi connectivity index (χ0n) is 14.7. The van der Waals surface area contributed by atoms with Crippen molar-refractivity contribution in [1.29, 1.82) is 0 Å². The molecule has 1 amide bonds. The molecule has 0 unspecified atom stereocenters. The van der Waals surface area contributed by atoms with E-state index in [1.165, 1.54) is 11.8 Å². The molecule has 1 aliphatic heterocycles. The fraction of sp³-hybridized carbons (Fsp3) is 0.438. The van der Waals surface area contributed by atoms with Crippen LogP contribution in [0.1, 0.15) is 17.4 Å². The SMILES string of the molecule is COCCNC(=O)[C@@H]1Sc2nnc(C)n2N[C@H]1c1ccc(OC)c(Br)c1. The summed E-state index contributed by atoms with van der Waals surface area (Å²) in [7, 11) is 3.22. The summed E-state index contributed by atoms with van der Waals surface area (Å²) in [5.74, 6) is 1.39. The van der Waals surface area contributed by atoms with Crippen LogP contribution < -0.4 is 15.5 Å². The van der Waals surface area contributed by atoms with Crippen molar-refractivity contribution in [3.05, 3.63) is 34.1 Å². The molecule has 0 saturated heterocycles. The molecule has 2 heterocycles. The Labute approximate surface area is 164 Å². The molecule has 2 atom stereocenters. The lowest BCUT2D eigenvalue weighted by Crippen LogP contribution is -2.44. The Kier molecular flexibility index (Phi) is 6.05. The number of nitrogens with zero attached hydrogens (tertiary/aromatic N) is 3. The number of nitrogens with one attached hydrogen (secondary N) is 2. The van der Waals surface area contributed by atoms with Crippen LogP contribution in [0.25, 0.3) is 0 Å². The van der Waals surface area contributed by atoms with Crippen LogP contribution in [0.2, 0.25) is 0 Å². The Morgan fingerprint density at radius 3 is 2.92 bits per heavy atom. The van der Waals surface area contributed by atoms with E-state index >= 15 is 0 Å². The quantitative estimate of drug-likeness (QED) is 0.661. The van der Waals surface area contributed by atoms with Gasteiger partial charge >= 0.3 is 0 Å². The molecule has 0 saturated carbocycles. The van der Waals surface area contributed by atoms with Crippen LogP contribution in [0.5, 0.6) is 5.75 Å². The first-order valence-electron chi connectivity index (χ1n) is 8.00. The van der Waals surface area contributed by atoms with Gasteiger partial charge in [0.2, 0.25) is 11.1 Å². The minimum atomic E-state index is -0.400. The average molecular weight is 442 g/mol. The number of rotatable bonds is 6. The van der Waals surface area contributed by atoms with Gasteiger partial charge in [0.25, 0.3) is 0 Å². The number of hydrogen-bond donors (Lipinski definition) is 2. The zero-order chi connectivity index (χ0) is 18.7. The predicted molar refractivity (Wildman–Crippen MR) is 102 cm³/mol. The van der Waals surface area contributed by atoms with E-state index in [9.17, 15) is 4.79 Å². The second kappa shape index (κ2) is 8.28. The van der Waals surface area contributed by atoms with E-state index in [0.717, 1.165) is 21.6 Å². The maximum absolute atomic E-state index is 12.8. The van der Waals surface area contributed by atoms with Crippen LogP contribution in [-0.4, -0.2) is 53.4 Å². The summed E-state index contributed by atoms with van der Waals surface area (Å²) in [6, 6.07) is 5.52. The fourth-order valence-corrected chi connectivity index (χ4v) is 4.37. The number of carbonyl (C=O) groups excluding carboxylic acids is 1. The predicted octanol–water partition coefficient (Wildman–Crippen LogP) is 1.88. The number of hydrogen-bond acceptors (Lipinski definition) is 7. The van der Waals surface area contributed by atoms with E-state index in [1.807, 2.05) is 29.8 Å². The first kappa shape index (κ1) is 19.0. The number of aryl methyl sites for hydroxylation is 1. The van der Waals surface area contributed by atoms with Gasteiger partial charge in [-0.1, -0.05) is 17.8 Å². The van der Waals surface area contributed by atoms with Gasteiger partial charge in [-0.05, 0) is 40.5 Å². The number of fused-ring (bicyclic) bond motifs is 1. The molecule has 3 rings (SSSR count). The van der Waals surface area contributed by atoms with E-state index in [-0.39, 0.29) is 11.9 Å². The minimum Gasteiger partial charge on any atom is -0.496 e. The van der Waals surface area contributed by atoms with Crippen molar-refractivity contribution >= 4 is 33.6 Å². The molecule has 140 valence electrons. The lowest BCUT2D eigenvalue weighted by atomic mass is 10.0. The van der Waals surface area contributed by atoms with E-state index in [2.05, 4.69) is 36.9 Å². The van der Waals surface area contributed by atoms with Gasteiger partial charge < -0.3 is 20.2 Å². The average Bonchev–Trinajstić information content (AvgIpc) is 3.01. The van der Waals surface area contributed by atoms with Crippen LogP contribution in [0, 0.1) is 6.92 Å². The Balaban J connectivity index is 1.91. The first-order chi connectivity index (χ1) is 12.5. The molecule has 0 aliphatic carbocycles. The third-order valence-corrected chi connectivity index (χ3v) is 5.83. The topological polar surface area (TPSA) is 90.3 Å². The number of thioether (sulfide) groups is 1. The van der Waals surface area contributed by atoms with E-state index in [1.54, 1.807) is 14.2 Å². The third kappa shape index (κ3) is 3.81. The summed E-state index contributed by atoms with van der Waals surface area (Å²) in [5, 5.41) is 11.4. The number of amides is 1. The highest BCUT2D eigenvalue weighted by Gasteiger charge is 2.37. The molecule has 2 aromatic rings. The Hall–Kier alpha value is -1.78. The van der Waals surface area contributed by atoms with Gasteiger partial charge in [-0.25, -0.2) is 4.68 Å². The van der Waals surface area contributed by atoms with Crippen molar-refractivity contribution in [1.82, 2.24) is 20.2 Å². The van der Waals surface area contributed by atoms with E-state index < -0.39 is 5.25 Å². The maximum Gasteiger partial charge on any atom is 0.236 e. The fourth-order valence-electron chi connectivity index (χ4n) is 2.66. The normalized spacial score (nSPS) is 18.8. The zero-order valence-corrected chi connectivity index (χ0v) is 17.1. The van der Waals surface area contributed by atoms with E-state index in [0.29, 0.717) is 18.3 Å². The summed E-state index contributed by atoms with van der Waals surface area (Å²) in [5.41, 5.74) is 4.32. The molecule has 0 radical (unpaired) electrons. The van der Waals surface area contributed by atoms with Crippen LogP contribution in [0.15, 0.2) is 27.8 Å². The Bertz CT molecular complexity index is 800. The highest BCUT2D eigenvalue weighted by molar-refractivity contribution is 9.10. The van der Waals surface area contributed by atoms with Gasteiger partial charge in [-0.2, -0.15) is 0 Å². The summed E-state index contributed by atoms with van der Waals surface area (Å²) in [6.07, 6.45) is 0. The van der Waals surface area contributed by atoms with Gasteiger partial charge in [-0.3, -0.25) is 4.79 Å². The van der Waals surface area contributed by atoms with E-state index in [4.69, 9.17) is 9.47 Å². The Morgan fingerprint density at radius 2 is 2.23 bits per heavy atom. The number of benzene rings is 1. The van der Waals surface area contributed by atoms with Crippen LogP contribution in [0.3, 0.4) is 0 Å². The van der Waals surface area contributed by atoms with Gasteiger partial charge in [0.15, 0.2) is 0 Å². The van der Waals surface area contributed by atoms with Crippen molar-refractivity contribution < 1.29 is 14.3 Å². The molecule has 0 spiro atoms. The summed E-state index contributed by atoms with van der Waals surface area (Å²) in [6.45, 7) is 2.78. The summed E-state index contributed by atoms with van der Waals surface area (Å²) in [4.78, 5) is 12.8. The van der Waals surface area contributed by atoms with Crippen molar-refractivity contribution in [2.75, 3.05) is 32.8 Å². The highest BCUT2D eigenvalue weighted by atomic mass is 79.9. The molecular formula is C16H20BrN5O3S. The molecule has 1 aromatic carbocycles. The Morgan fingerprint density at radius 1 is 1.42 bits per heavy atom. The molecule has 26 heavy (non-hydrogen) atoms. The lowest BCUT2D eigenvalue weighted by Gasteiger charge is -2.33. The van der Waals surface area contributed by atoms with Crippen molar-refractivity contribution in [3.63, 3.8) is 0 Å². The molecule has 0 bridgehead atoms. The van der Waals surface area contributed by atoms with Gasteiger partial charge in [0.1, 0.15) is 16.8 Å². The van der Waals surface area contributed by atoms with Crippen LogP contribution in [-0.2, 0) is 9.53 Å². The van der Waals surface area contributed by atoms with Crippen LogP contribution >= 0.6 is 27.7 Å². The summed E-state index contributed by atoms with van der Waals surface area (Å²) >= 11 is 4.90. The molecular weight excluding hydrogens is 422 g/mol. The number of carbonyl (C=O) groups is 1. The summed E-state index contributed by atoms with van der Waals surface area (Å²) < 4.78 is 12.9. The number of ether oxygens (including phenoxy) is 2. The number of halogens is 1. The minimum absolute atomic E-state index is 0.0802. The highest BCUT2D eigenvalue weighted by Crippen LogP contribution is 2.38. The molecule has 1 aromatic heterocycles. The molecule has 10 heteroatoms. The largest absolute Gasteiger partial charge is 0.496 e. The van der Waals surface area contributed by atoms with Crippen molar-refractivity contribution in [2.24, 2.45) is 0 Å². The number of methoxy groups -OCH3 is 2. The van der Waals surface area contributed by atoms with Gasteiger partial charge in [0, 0.05) is 13.7 Å². The standard InChI is InChI=1S/C16H20BrN5O3S/c1-9-19-20-16-22(9)21-13(10-4-5-12(25-3)11(17)8-10)14(26-16)15(23)18-6-7-24-2/h4-5,8,13-14,21H,6-7H2,1-3H3,(H,18,23)/t13-,14+/m0/s1. The molecule has 2 N–H and O–H groups in total. The maximum atomic E-state index is 12.8. The monoisotopic (exact) mass is 441 g/mol. The molecule has 8 nitrogen and oxygen atoms in total. The second-order valence-corrected chi connectivity index (χ2v) is 7.65. The van der Waals surface area contributed by atoms with Crippen LogP contribution in [0.4, 0.5) is 0 Å².